The summed E-state index contributed by atoms with van der Waals surface area (Å²) < 4.78 is 12.4. The fourth-order valence-corrected chi connectivity index (χ4v) is 5.96. The number of hydrogen-bond acceptors (Lipinski definition) is 7. The van der Waals surface area contributed by atoms with E-state index in [1.54, 1.807) is 30.3 Å². The van der Waals surface area contributed by atoms with Crippen LogP contribution in [0.25, 0.3) is 16.3 Å². The maximum atomic E-state index is 13.6. The normalized spacial score (nSPS) is 15.0. The van der Waals surface area contributed by atoms with E-state index in [4.69, 9.17) is 14.5 Å². The van der Waals surface area contributed by atoms with Crippen molar-refractivity contribution in [2.75, 3.05) is 11.5 Å². The van der Waals surface area contributed by atoms with Crippen LogP contribution in [0.5, 0.6) is 11.5 Å². The lowest BCUT2D eigenvalue weighted by Crippen LogP contribution is -2.30. The van der Waals surface area contributed by atoms with E-state index in [9.17, 15) is 14.7 Å². The molecule has 8 heteroatoms. The number of thiazole rings is 1. The van der Waals surface area contributed by atoms with Crippen molar-refractivity contribution in [2.45, 2.75) is 19.6 Å². The number of aliphatic hydroxyl groups is 1. The summed E-state index contributed by atoms with van der Waals surface area (Å²) in [6, 6.07) is 31.0. The van der Waals surface area contributed by atoms with Crippen LogP contribution in [0.15, 0.2) is 121 Å². The Morgan fingerprint density at radius 1 is 0.930 bits per heavy atom. The Morgan fingerprint density at radius 2 is 1.63 bits per heavy atom. The first kappa shape index (κ1) is 27.9. The number of ketones is 1. The minimum Gasteiger partial charge on any atom is -0.503 e. The van der Waals surface area contributed by atoms with Crippen molar-refractivity contribution < 1.29 is 24.2 Å². The molecule has 0 saturated heterocycles. The second-order valence-electron chi connectivity index (χ2n) is 9.85. The molecule has 0 fully saturated rings. The Bertz CT molecular complexity index is 1830. The predicted octanol–water partition coefficient (Wildman–Crippen LogP) is 7.46. The summed E-state index contributed by atoms with van der Waals surface area (Å²) in [5.41, 5.74) is 3.17. The Balaban J connectivity index is 1.36. The number of carbonyl (C=O) groups excluding carboxylic acids is 2. The molecular formula is C35H28N2O5S. The molecule has 7 nitrogen and oxygen atoms in total. The number of ether oxygens (including phenoxy) is 2. The smallest absolute Gasteiger partial charge is 0.296 e. The van der Waals surface area contributed by atoms with Crippen molar-refractivity contribution in [3.05, 3.63) is 137 Å². The highest BCUT2D eigenvalue weighted by Gasteiger charge is 2.45. The molecule has 5 aromatic rings. The number of amides is 1. The van der Waals surface area contributed by atoms with Crippen LogP contribution < -0.4 is 14.4 Å². The number of rotatable bonds is 10. The molecule has 1 unspecified atom stereocenters. The van der Waals surface area contributed by atoms with Crippen molar-refractivity contribution >= 4 is 44.5 Å². The maximum Gasteiger partial charge on any atom is 0.296 e. The van der Waals surface area contributed by atoms with E-state index >= 15 is 0 Å². The second kappa shape index (κ2) is 12.3. The zero-order valence-electron chi connectivity index (χ0n) is 23.3. The minimum absolute atomic E-state index is 0.00982. The molecule has 214 valence electrons. The summed E-state index contributed by atoms with van der Waals surface area (Å²) in [6.07, 6.45) is 3.05. The Morgan fingerprint density at radius 3 is 2.35 bits per heavy atom. The van der Waals surface area contributed by atoms with Gasteiger partial charge < -0.3 is 14.6 Å². The molecule has 0 radical (unpaired) electrons. The Hall–Kier alpha value is -5.21. The third-order valence-electron chi connectivity index (χ3n) is 7.01. The largest absolute Gasteiger partial charge is 0.503 e. The molecule has 1 aliphatic rings. The first-order valence-corrected chi connectivity index (χ1v) is 14.7. The van der Waals surface area contributed by atoms with E-state index in [0.29, 0.717) is 40.9 Å². The van der Waals surface area contributed by atoms with Gasteiger partial charge in [0.1, 0.15) is 18.1 Å². The average molecular weight is 589 g/mol. The van der Waals surface area contributed by atoms with Gasteiger partial charge >= 0.3 is 0 Å². The first-order valence-electron chi connectivity index (χ1n) is 13.9. The number of aromatic nitrogens is 1. The molecule has 4 aromatic carbocycles. The number of fused-ring (bicyclic) bond motifs is 1. The molecule has 1 aromatic heterocycles. The number of nitrogens with zero attached hydrogens (tertiary/aromatic N) is 2. The number of benzene rings is 4. The second-order valence-corrected chi connectivity index (χ2v) is 10.9. The van der Waals surface area contributed by atoms with Gasteiger partial charge in [0, 0.05) is 0 Å². The fraction of sp³-hybridized carbons (Fsp3) is 0.114. The molecule has 0 spiro atoms. The lowest BCUT2D eigenvalue weighted by molar-refractivity contribution is -0.117. The van der Waals surface area contributed by atoms with Crippen LogP contribution in [-0.4, -0.2) is 28.4 Å². The van der Waals surface area contributed by atoms with E-state index in [1.165, 1.54) is 22.3 Å². The topological polar surface area (TPSA) is 89.0 Å². The van der Waals surface area contributed by atoms with Crippen molar-refractivity contribution in [2.24, 2.45) is 0 Å². The third kappa shape index (κ3) is 5.91. The SMILES string of the molecule is CCOc1ccc2nc(N3C(=O)C(O)=C(C(=O)C=Cc4ccccc4)C3c3ccc(OCc4ccccc4)cc3)sc2c1. The molecule has 1 N–H and O–H groups in total. The van der Waals surface area contributed by atoms with Crippen LogP contribution >= 0.6 is 11.3 Å². The summed E-state index contributed by atoms with van der Waals surface area (Å²) in [4.78, 5) is 33.3. The molecular weight excluding hydrogens is 560 g/mol. The van der Waals surface area contributed by atoms with Crippen LogP contribution in [0, 0.1) is 0 Å². The maximum absolute atomic E-state index is 13.6. The van der Waals surface area contributed by atoms with Gasteiger partial charge in [-0.25, -0.2) is 4.98 Å². The summed E-state index contributed by atoms with van der Waals surface area (Å²) in [5.74, 6) is -0.409. The van der Waals surface area contributed by atoms with E-state index in [2.05, 4.69) is 0 Å². The van der Waals surface area contributed by atoms with Crippen LogP contribution in [0.1, 0.15) is 29.7 Å². The Labute approximate surface area is 253 Å². The van der Waals surface area contributed by atoms with E-state index in [-0.39, 0.29) is 5.57 Å². The standard InChI is InChI=1S/C35H28N2O5S/c1-2-41-27-18-19-28-30(21-27)43-35(36-28)37-32(25-14-16-26(17-15-25)42-22-24-11-7-4-8-12-24)31(33(39)34(37)40)29(38)20-13-23-9-5-3-6-10-23/h3-21,32,39H,2,22H2,1H3. The molecule has 1 aliphatic heterocycles. The van der Waals surface area contributed by atoms with Gasteiger partial charge in [0.25, 0.3) is 5.91 Å². The molecule has 0 aliphatic carbocycles. The first-order chi connectivity index (χ1) is 21.0. The van der Waals surface area contributed by atoms with Gasteiger partial charge in [-0.05, 0) is 60.0 Å². The Kier molecular flexibility index (Phi) is 8.02. The molecule has 43 heavy (non-hydrogen) atoms. The average Bonchev–Trinajstić information content (AvgIpc) is 3.57. The van der Waals surface area contributed by atoms with Crippen molar-refractivity contribution in [3.63, 3.8) is 0 Å². The summed E-state index contributed by atoms with van der Waals surface area (Å²) >= 11 is 1.29. The minimum atomic E-state index is -0.893. The van der Waals surface area contributed by atoms with E-state index in [0.717, 1.165) is 15.8 Å². The van der Waals surface area contributed by atoms with Gasteiger partial charge in [0.2, 0.25) is 0 Å². The van der Waals surface area contributed by atoms with Crippen molar-refractivity contribution in [1.29, 1.82) is 0 Å². The molecule has 0 bridgehead atoms. The third-order valence-corrected chi connectivity index (χ3v) is 8.03. The van der Waals surface area contributed by atoms with Crippen LogP contribution in [0.3, 0.4) is 0 Å². The van der Waals surface area contributed by atoms with Gasteiger partial charge in [-0.2, -0.15) is 0 Å². The van der Waals surface area contributed by atoms with Crippen LogP contribution in [0.2, 0.25) is 0 Å². The number of hydrogen-bond donors (Lipinski definition) is 1. The highest BCUT2D eigenvalue weighted by atomic mass is 32.1. The van der Waals surface area contributed by atoms with Crippen molar-refractivity contribution in [1.82, 2.24) is 4.98 Å². The number of allylic oxidation sites excluding steroid dienone is 1. The molecule has 2 heterocycles. The van der Waals surface area contributed by atoms with Crippen LogP contribution in [-0.2, 0) is 16.2 Å². The number of carbonyl (C=O) groups is 2. The molecule has 6 rings (SSSR count). The highest BCUT2D eigenvalue weighted by Crippen LogP contribution is 2.44. The van der Waals surface area contributed by atoms with E-state index in [1.807, 2.05) is 85.8 Å². The van der Waals surface area contributed by atoms with Crippen LogP contribution in [0.4, 0.5) is 5.13 Å². The zero-order chi connectivity index (χ0) is 29.8. The van der Waals surface area contributed by atoms with E-state index < -0.39 is 23.5 Å². The summed E-state index contributed by atoms with van der Waals surface area (Å²) in [7, 11) is 0. The summed E-state index contributed by atoms with van der Waals surface area (Å²) in [5, 5.41) is 11.5. The van der Waals surface area contributed by atoms with Crippen molar-refractivity contribution in [3.8, 4) is 11.5 Å². The number of aliphatic hydroxyl groups excluding tert-OH is 1. The predicted molar refractivity (Wildman–Crippen MR) is 168 cm³/mol. The quantitative estimate of drug-likeness (QED) is 0.170. The van der Waals surface area contributed by atoms with Gasteiger partial charge in [-0.3, -0.25) is 14.5 Å². The molecule has 0 saturated carbocycles. The zero-order valence-corrected chi connectivity index (χ0v) is 24.2. The molecule has 1 atom stereocenters. The van der Waals surface area contributed by atoms with Gasteiger partial charge in [-0.15, -0.1) is 0 Å². The van der Waals surface area contributed by atoms with Gasteiger partial charge in [0.15, 0.2) is 16.7 Å². The highest BCUT2D eigenvalue weighted by molar-refractivity contribution is 7.22. The lowest BCUT2D eigenvalue weighted by atomic mass is 9.95. The molecule has 1 amide bonds. The lowest BCUT2D eigenvalue weighted by Gasteiger charge is -2.24. The van der Waals surface area contributed by atoms with Gasteiger partial charge in [0.05, 0.1) is 28.4 Å². The fourth-order valence-electron chi connectivity index (χ4n) is 4.94. The number of anilines is 1. The van der Waals surface area contributed by atoms with Gasteiger partial charge in [-0.1, -0.05) is 90.2 Å². The monoisotopic (exact) mass is 588 g/mol. The summed E-state index contributed by atoms with van der Waals surface area (Å²) in [6.45, 7) is 2.83.